The van der Waals surface area contributed by atoms with Crippen molar-refractivity contribution in [1.82, 2.24) is 4.90 Å². The van der Waals surface area contributed by atoms with Crippen LogP contribution in [0.15, 0.2) is 29.4 Å². The van der Waals surface area contributed by atoms with Crippen LogP contribution in [0.4, 0.5) is 0 Å². The molecule has 0 aromatic heterocycles. The molecule has 1 saturated heterocycles. The van der Waals surface area contributed by atoms with E-state index >= 15 is 0 Å². The number of piperidine rings is 1. The van der Waals surface area contributed by atoms with E-state index in [4.69, 9.17) is 9.94 Å². The second-order valence-corrected chi connectivity index (χ2v) is 4.19. The number of carbonyl (C=O) groups excluding carboxylic acids is 1. The molecule has 0 spiro atoms. The van der Waals surface area contributed by atoms with E-state index in [1.54, 1.807) is 30.2 Å². The van der Waals surface area contributed by atoms with Crippen LogP contribution in [0.25, 0.3) is 0 Å². The maximum Gasteiger partial charge on any atom is 0.254 e. The molecule has 18 heavy (non-hydrogen) atoms. The molecule has 1 aliphatic heterocycles. The zero-order chi connectivity index (χ0) is 13.0. The number of methoxy groups -OCH3 is 1. The lowest BCUT2D eigenvalue weighted by Gasteiger charge is -2.27. The summed E-state index contributed by atoms with van der Waals surface area (Å²) in [7, 11) is 1.58. The Kier molecular flexibility index (Phi) is 3.82. The van der Waals surface area contributed by atoms with Crippen molar-refractivity contribution in [2.24, 2.45) is 5.16 Å². The molecule has 1 heterocycles. The SMILES string of the molecule is COc1cccc(C(=O)N2CCC(=NO)CC2)c1. The molecule has 96 valence electrons. The summed E-state index contributed by atoms with van der Waals surface area (Å²) in [6.07, 6.45) is 1.26. The molecule has 0 atom stereocenters. The molecule has 5 heteroatoms. The standard InChI is InChI=1S/C13H16N2O3/c1-18-12-4-2-3-10(9-12)13(16)15-7-5-11(14-17)6-8-15/h2-4,9,17H,5-8H2,1H3. The lowest BCUT2D eigenvalue weighted by atomic mass is 10.1. The highest BCUT2D eigenvalue weighted by Crippen LogP contribution is 2.16. The highest BCUT2D eigenvalue weighted by Gasteiger charge is 2.21. The van der Waals surface area contributed by atoms with E-state index in [0.29, 0.717) is 37.2 Å². The van der Waals surface area contributed by atoms with Crippen molar-refractivity contribution in [3.8, 4) is 5.75 Å². The number of amides is 1. The average molecular weight is 248 g/mol. The number of benzene rings is 1. The van der Waals surface area contributed by atoms with Gasteiger partial charge < -0.3 is 14.8 Å². The monoisotopic (exact) mass is 248 g/mol. The molecule has 0 unspecified atom stereocenters. The van der Waals surface area contributed by atoms with E-state index in [2.05, 4.69) is 5.16 Å². The number of oxime groups is 1. The maximum absolute atomic E-state index is 12.2. The number of likely N-dealkylation sites (tertiary alicyclic amines) is 1. The topological polar surface area (TPSA) is 62.1 Å². The van der Waals surface area contributed by atoms with Gasteiger partial charge in [-0.2, -0.15) is 0 Å². The number of ether oxygens (including phenoxy) is 1. The van der Waals surface area contributed by atoms with Gasteiger partial charge in [-0.15, -0.1) is 0 Å². The van der Waals surface area contributed by atoms with Crippen molar-refractivity contribution < 1.29 is 14.7 Å². The smallest absolute Gasteiger partial charge is 0.254 e. The Morgan fingerprint density at radius 2 is 2.11 bits per heavy atom. The summed E-state index contributed by atoms with van der Waals surface area (Å²) in [6, 6.07) is 7.12. The second-order valence-electron chi connectivity index (χ2n) is 4.19. The summed E-state index contributed by atoms with van der Waals surface area (Å²) < 4.78 is 5.10. The zero-order valence-corrected chi connectivity index (χ0v) is 10.3. The maximum atomic E-state index is 12.2. The molecular weight excluding hydrogens is 232 g/mol. The van der Waals surface area contributed by atoms with Gasteiger partial charge in [-0.1, -0.05) is 11.2 Å². The fourth-order valence-electron chi connectivity index (χ4n) is 2.01. The van der Waals surface area contributed by atoms with Gasteiger partial charge in [-0.25, -0.2) is 0 Å². The van der Waals surface area contributed by atoms with E-state index in [1.807, 2.05) is 6.07 Å². The molecule has 5 nitrogen and oxygen atoms in total. The third kappa shape index (κ3) is 2.61. The number of carbonyl (C=O) groups is 1. The molecule has 0 radical (unpaired) electrons. The van der Waals surface area contributed by atoms with Gasteiger partial charge in [-0.3, -0.25) is 4.79 Å². The summed E-state index contributed by atoms with van der Waals surface area (Å²) in [5.74, 6) is 0.668. The van der Waals surface area contributed by atoms with Crippen LogP contribution in [-0.4, -0.2) is 41.9 Å². The Labute approximate surface area is 106 Å². The van der Waals surface area contributed by atoms with Crippen LogP contribution in [0.3, 0.4) is 0 Å². The fourth-order valence-corrected chi connectivity index (χ4v) is 2.01. The van der Waals surface area contributed by atoms with E-state index in [-0.39, 0.29) is 5.91 Å². The molecule has 1 N–H and O–H groups in total. The summed E-state index contributed by atoms with van der Waals surface area (Å²) >= 11 is 0. The molecule has 1 amide bonds. The highest BCUT2D eigenvalue weighted by atomic mass is 16.5. The molecular formula is C13H16N2O3. The molecule has 0 aliphatic carbocycles. The van der Waals surface area contributed by atoms with Crippen molar-refractivity contribution >= 4 is 11.6 Å². The van der Waals surface area contributed by atoms with E-state index < -0.39 is 0 Å². The summed E-state index contributed by atoms with van der Waals surface area (Å²) in [6.45, 7) is 1.19. The first-order valence-electron chi connectivity index (χ1n) is 5.87. The predicted octanol–water partition coefficient (Wildman–Crippen LogP) is 1.76. The van der Waals surface area contributed by atoms with Crippen molar-refractivity contribution in [3.05, 3.63) is 29.8 Å². The van der Waals surface area contributed by atoms with E-state index in [0.717, 1.165) is 5.71 Å². The minimum atomic E-state index is -0.00844. The van der Waals surface area contributed by atoms with Crippen molar-refractivity contribution in [2.75, 3.05) is 20.2 Å². The fraction of sp³-hybridized carbons (Fsp3) is 0.385. The Bertz CT molecular complexity index is 461. The third-order valence-electron chi connectivity index (χ3n) is 3.09. The third-order valence-corrected chi connectivity index (χ3v) is 3.09. The van der Waals surface area contributed by atoms with Gasteiger partial charge in [0.1, 0.15) is 5.75 Å². The van der Waals surface area contributed by atoms with Crippen molar-refractivity contribution in [2.45, 2.75) is 12.8 Å². The second kappa shape index (κ2) is 5.53. The highest BCUT2D eigenvalue weighted by molar-refractivity contribution is 5.96. The van der Waals surface area contributed by atoms with E-state index in [9.17, 15) is 4.79 Å². The average Bonchev–Trinajstić information content (AvgIpc) is 2.46. The van der Waals surface area contributed by atoms with Crippen LogP contribution in [0.1, 0.15) is 23.2 Å². The summed E-state index contributed by atoms with van der Waals surface area (Å²) in [5.41, 5.74) is 1.38. The Hall–Kier alpha value is -2.04. The molecule has 0 bridgehead atoms. The van der Waals surface area contributed by atoms with Gasteiger partial charge in [0.05, 0.1) is 12.8 Å². The van der Waals surface area contributed by atoms with Crippen LogP contribution >= 0.6 is 0 Å². The van der Waals surface area contributed by atoms with Gasteiger partial charge in [0.2, 0.25) is 0 Å². The number of hydrogen-bond donors (Lipinski definition) is 1. The van der Waals surface area contributed by atoms with E-state index in [1.165, 1.54) is 0 Å². The van der Waals surface area contributed by atoms with Gasteiger partial charge in [-0.05, 0) is 18.2 Å². The number of nitrogens with zero attached hydrogens (tertiary/aromatic N) is 2. The minimum absolute atomic E-state index is 0.00844. The first-order valence-corrected chi connectivity index (χ1v) is 5.87. The first-order chi connectivity index (χ1) is 8.74. The number of rotatable bonds is 2. The quantitative estimate of drug-likeness (QED) is 0.640. The molecule has 0 saturated carbocycles. The van der Waals surface area contributed by atoms with Crippen LogP contribution in [0, 0.1) is 0 Å². The van der Waals surface area contributed by atoms with Crippen molar-refractivity contribution in [3.63, 3.8) is 0 Å². The predicted molar refractivity (Wildman–Crippen MR) is 67.4 cm³/mol. The van der Waals surface area contributed by atoms with Crippen LogP contribution in [0.2, 0.25) is 0 Å². The largest absolute Gasteiger partial charge is 0.497 e. The Morgan fingerprint density at radius 3 is 2.72 bits per heavy atom. The van der Waals surface area contributed by atoms with Crippen LogP contribution < -0.4 is 4.74 Å². The number of hydrogen-bond acceptors (Lipinski definition) is 4. The first kappa shape index (κ1) is 12.4. The lowest BCUT2D eigenvalue weighted by Crippen LogP contribution is -2.38. The van der Waals surface area contributed by atoms with Gasteiger partial charge in [0, 0.05) is 31.5 Å². The normalized spacial score (nSPS) is 15.4. The lowest BCUT2D eigenvalue weighted by molar-refractivity contribution is 0.0753. The molecule has 1 aliphatic rings. The van der Waals surface area contributed by atoms with Crippen molar-refractivity contribution in [1.29, 1.82) is 0 Å². The van der Waals surface area contributed by atoms with Crippen LogP contribution in [0.5, 0.6) is 5.75 Å². The van der Waals surface area contributed by atoms with Gasteiger partial charge >= 0.3 is 0 Å². The summed E-state index contributed by atoms with van der Waals surface area (Å²) in [5, 5.41) is 11.9. The minimum Gasteiger partial charge on any atom is -0.497 e. The Morgan fingerprint density at radius 1 is 1.39 bits per heavy atom. The molecule has 2 rings (SSSR count). The van der Waals surface area contributed by atoms with Gasteiger partial charge in [0.15, 0.2) is 0 Å². The summed E-state index contributed by atoms with van der Waals surface area (Å²) in [4.78, 5) is 14.0. The molecule has 1 aromatic carbocycles. The molecule has 1 aromatic rings. The Balaban J connectivity index is 2.07. The van der Waals surface area contributed by atoms with Crippen LogP contribution in [-0.2, 0) is 0 Å². The zero-order valence-electron chi connectivity index (χ0n) is 10.3. The molecule has 1 fully saturated rings. The van der Waals surface area contributed by atoms with Gasteiger partial charge in [0.25, 0.3) is 5.91 Å².